The summed E-state index contributed by atoms with van der Waals surface area (Å²) in [7, 11) is 0. The minimum Gasteiger partial charge on any atom is -0.342 e. The second-order valence-corrected chi connectivity index (χ2v) is 7.19. The van der Waals surface area contributed by atoms with Crippen molar-refractivity contribution >= 4 is 23.2 Å². The quantitative estimate of drug-likeness (QED) is 0.930. The van der Waals surface area contributed by atoms with E-state index in [1.54, 1.807) is 11.3 Å². The lowest BCUT2D eigenvalue weighted by molar-refractivity contribution is -0.140. The molecule has 5 heteroatoms. The van der Waals surface area contributed by atoms with Crippen LogP contribution in [-0.2, 0) is 22.6 Å². The minimum atomic E-state index is -0.785. The van der Waals surface area contributed by atoms with E-state index in [0.29, 0.717) is 19.4 Å². The van der Waals surface area contributed by atoms with Crippen molar-refractivity contribution in [3.63, 3.8) is 0 Å². The molecule has 1 fully saturated rings. The van der Waals surface area contributed by atoms with Gasteiger partial charge in [-0.1, -0.05) is 13.8 Å². The molecule has 2 heterocycles. The van der Waals surface area contributed by atoms with E-state index < -0.39 is 5.54 Å². The van der Waals surface area contributed by atoms with E-state index in [4.69, 9.17) is 0 Å². The molecule has 1 aromatic rings. The molecular formula is C16H24N2O2S. The van der Waals surface area contributed by atoms with Crippen LogP contribution in [0.25, 0.3) is 0 Å². The van der Waals surface area contributed by atoms with Crippen molar-refractivity contribution < 1.29 is 9.59 Å². The molecule has 0 bridgehead atoms. The summed E-state index contributed by atoms with van der Waals surface area (Å²) in [6, 6.07) is 4.14. The first-order valence-corrected chi connectivity index (χ1v) is 8.41. The molecule has 1 aromatic heterocycles. The molecule has 0 radical (unpaired) electrons. The predicted octanol–water partition coefficient (Wildman–Crippen LogP) is 2.72. The van der Waals surface area contributed by atoms with E-state index in [0.717, 1.165) is 6.42 Å². The number of hydrogen-bond donors (Lipinski definition) is 1. The maximum Gasteiger partial charge on any atom is 0.248 e. The Morgan fingerprint density at radius 3 is 2.57 bits per heavy atom. The highest BCUT2D eigenvalue weighted by Gasteiger charge is 2.41. The topological polar surface area (TPSA) is 49.4 Å². The molecule has 1 saturated heterocycles. The Morgan fingerprint density at radius 1 is 1.33 bits per heavy atom. The first kappa shape index (κ1) is 16.0. The van der Waals surface area contributed by atoms with Gasteiger partial charge in [-0.15, -0.1) is 11.3 Å². The van der Waals surface area contributed by atoms with Crippen molar-refractivity contribution in [2.75, 3.05) is 0 Å². The zero-order chi connectivity index (χ0) is 15.6. The van der Waals surface area contributed by atoms with E-state index in [1.165, 1.54) is 9.75 Å². The van der Waals surface area contributed by atoms with Gasteiger partial charge in [-0.2, -0.15) is 0 Å². The fourth-order valence-corrected chi connectivity index (χ4v) is 3.60. The lowest BCUT2D eigenvalue weighted by Gasteiger charge is -2.33. The molecule has 1 aliphatic rings. The van der Waals surface area contributed by atoms with Gasteiger partial charge in [0.1, 0.15) is 5.54 Å². The molecule has 1 aliphatic heterocycles. The molecule has 2 amide bonds. The Labute approximate surface area is 130 Å². The molecule has 0 saturated carbocycles. The summed E-state index contributed by atoms with van der Waals surface area (Å²) >= 11 is 1.75. The van der Waals surface area contributed by atoms with Crippen molar-refractivity contribution in [2.45, 2.75) is 65.1 Å². The number of hydrogen-bond acceptors (Lipinski definition) is 3. The fraction of sp³-hybridized carbons (Fsp3) is 0.625. The number of nitrogens with zero attached hydrogens (tertiary/aromatic N) is 1. The number of rotatable bonds is 4. The van der Waals surface area contributed by atoms with Crippen LogP contribution in [0, 0.1) is 0 Å². The van der Waals surface area contributed by atoms with E-state index >= 15 is 0 Å². The third-order valence-corrected chi connectivity index (χ3v) is 5.47. The maximum atomic E-state index is 12.9. The highest BCUT2D eigenvalue weighted by molar-refractivity contribution is 7.11. The Bertz CT molecular complexity index is 540. The summed E-state index contributed by atoms with van der Waals surface area (Å²) in [6.45, 7) is 8.44. The average Bonchev–Trinajstić information content (AvgIpc) is 2.88. The van der Waals surface area contributed by atoms with Crippen LogP contribution < -0.4 is 5.32 Å². The number of carbonyl (C=O) groups excluding carboxylic acids is 2. The summed E-state index contributed by atoms with van der Waals surface area (Å²) in [5.74, 6) is -0.0158. The molecule has 0 aromatic carbocycles. The van der Waals surface area contributed by atoms with Gasteiger partial charge in [0.15, 0.2) is 0 Å². The van der Waals surface area contributed by atoms with Crippen LogP contribution in [-0.4, -0.2) is 28.3 Å². The summed E-state index contributed by atoms with van der Waals surface area (Å²) in [5, 5.41) is 2.89. The summed E-state index contributed by atoms with van der Waals surface area (Å²) in [4.78, 5) is 29.2. The second-order valence-electron chi connectivity index (χ2n) is 5.94. The second kappa shape index (κ2) is 6.18. The lowest BCUT2D eigenvalue weighted by Crippen LogP contribution is -2.55. The van der Waals surface area contributed by atoms with E-state index in [1.807, 2.05) is 25.7 Å². The third kappa shape index (κ3) is 3.28. The zero-order valence-corrected chi connectivity index (χ0v) is 14.0. The monoisotopic (exact) mass is 308 g/mol. The van der Waals surface area contributed by atoms with Crippen LogP contribution in [0.3, 0.4) is 0 Å². The number of aryl methyl sites for hydroxylation is 1. The first-order valence-electron chi connectivity index (χ1n) is 7.59. The Hall–Kier alpha value is -1.36. The highest BCUT2D eigenvalue weighted by atomic mass is 32.1. The summed E-state index contributed by atoms with van der Waals surface area (Å²) in [6.07, 6.45) is 1.99. The largest absolute Gasteiger partial charge is 0.342 e. The average molecular weight is 308 g/mol. The van der Waals surface area contributed by atoms with Gasteiger partial charge in [0.05, 0.1) is 6.54 Å². The Morgan fingerprint density at radius 2 is 2.00 bits per heavy atom. The van der Waals surface area contributed by atoms with Crippen LogP contribution in [0.2, 0.25) is 0 Å². The minimum absolute atomic E-state index is 0.0230. The first-order chi connectivity index (χ1) is 9.89. The highest BCUT2D eigenvalue weighted by Crippen LogP contribution is 2.25. The van der Waals surface area contributed by atoms with Crippen molar-refractivity contribution in [1.82, 2.24) is 10.2 Å². The maximum absolute atomic E-state index is 12.9. The number of amides is 2. The molecule has 2 rings (SSSR count). The molecular weight excluding hydrogens is 284 g/mol. The molecule has 4 nitrogen and oxygen atoms in total. The SMILES string of the molecule is CCc1ccc(CN2C(=O)C(C)(CC)NC(=O)CC2C)s1. The van der Waals surface area contributed by atoms with Crippen LogP contribution in [0.15, 0.2) is 12.1 Å². The van der Waals surface area contributed by atoms with E-state index in [2.05, 4.69) is 24.4 Å². The number of carbonyl (C=O) groups is 2. The van der Waals surface area contributed by atoms with Gasteiger partial charge in [-0.3, -0.25) is 9.59 Å². The summed E-state index contributed by atoms with van der Waals surface area (Å²) < 4.78 is 0. The molecule has 116 valence electrons. The van der Waals surface area contributed by atoms with Gasteiger partial charge >= 0.3 is 0 Å². The molecule has 0 spiro atoms. The van der Waals surface area contributed by atoms with Crippen LogP contribution in [0.1, 0.15) is 50.3 Å². The van der Waals surface area contributed by atoms with Gasteiger partial charge in [0.25, 0.3) is 0 Å². The fourth-order valence-electron chi connectivity index (χ4n) is 2.64. The zero-order valence-electron chi connectivity index (χ0n) is 13.2. The smallest absolute Gasteiger partial charge is 0.248 e. The predicted molar refractivity (Wildman–Crippen MR) is 85.2 cm³/mol. The van der Waals surface area contributed by atoms with Crippen molar-refractivity contribution in [1.29, 1.82) is 0 Å². The van der Waals surface area contributed by atoms with E-state index in [9.17, 15) is 9.59 Å². The molecule has 0 aliphatic carbocycles. The molecule has 2 atom stereocenters. The molecule has 1 N–H and O–H groups in total. The molecule has 2 unspecified atom stereocenters. The summed E-state index contributed by atoms with van der Waals surface area (Å²) in [5.41, 5.74) is -0.785. The van der Waals surface area contributed by atoms with Gasteiger partial charge in [-0.05, 0) is 38.8 Å². The third-order valence-electron chi connectivity index (χ3n) is 4.26. The van der Waals surface area contributed by atoms with Crippen molar-refractivity contribution in [3.05, 3.63) is 21.9 Å². The standard InChI is InChI=1S/C16H24N2O2S/c1-5-12-7-8-13(21-12)10-18-11(3)9-14(19)17-16(4,6-2)15(18)20/h7-8,11H,5-6,9-10H2,1-4H3,(H,17,19). The Balaban J connectivity index is 2.25. The molecule has 21 heavy (non-hydrogen) atoms. The van der Waals surface area contributed by atoms with E-state index in [-0.39, 0.29) is 17.9 Å². The van der Waals surface area contributed by atoms with Crippen molar-refractivity contribution in [3.8, 4) is 0 Å². The lowest BCUT2D eigenvalue weighted by atomic mass is 9.97. The van der Waals surface area contributed by atoms with Gasteiger partial charge in [-0.25, -0.2) is 0 Å². The normalized spacial score (nSPS) is 26.7. The van der Waals surface area contributed by atoms with Gasteiger partial charge < -0.3 is 10.2 Å². The number of nitrogens with one attached hydrogen (secondary N) is 1. The van der Waals surface area contributed by atoms with Crippen LogP contribution in [0.4, 0.5) is 0 Å². The van der Waals surface area contributed by atoms with Gasteiger partial charge in [0.2, 0.25) is 11.8 Å². The Kier molecular flexibility index (Phi) is 4.71. The van der Waals surface area contributed by atoms with Crippen LogP contribution in [0.5, 0.6) is 0 Å². The number of thiophene rings is 1. The van der Waals surface area contributed by atoms with Crippen molar-refractivity contribution in [2.24, 2.45) is 0 Å². The van der Waals surface area contributed by atoms with Crippen LogP contribution >= 0.6 is 11.3 Å². The van der Waals surface area contributed by atoms with Gasteiger partial charge in [0, 0.05) is 22.2 Å².